The number of hydrogen-bond donors (Lipinski definition) is 2. The van der Waals surface area contributed by atoms with Gasteiger partial charge in [-0.25, -0.2) is 0 Å². The monoisotopic (exact) mass is 277 g/mol. The van der Waals surface area contributed by atoms with Crippen molar-refractivity contribution in [2.75, 3.05) is 13.2 Å². The first-order valence-electron chi connectivity index (χ1n) is 6.86. The van der Waals surface area contributed by atoms with E-state index in [-0.39, 0.29) is 12.0 Å². The van der Waals surface area contributed by atoms with Gasteiger partial charge in [0.2, 0.25) is 0 Å². The molecule has 0 spiro atoms. The van der Waals surface area contributed by atoms with E-state index in [2.05, 4.69) is 43.5 Å². The number of rotatable bonds is 6. The van der Waals surface area contributed by atoms with E-state index >= 15 is 0 Å². The van der Waals surface area contributed by atoms with Crippen LogP contribution in [-0.2, 0) is 6.42 Å². The average molecular weight is 277 g/mol. The van der Waals surface area contributed by atoms with E-state index in [4.69, 9.17) is 5.73 Å². The molecule has 2 nitrogen and oxygen atoms in total. The van der Waals surface area contributed by atoms with Crippen LogP contribution < -0.4 is 5.73 Å². The maximum Gasteiger partial charge on any atom is 0.0502 e. The van der Waals surface area contributed by atoms with Crippen LogP contribution >= 0.6 is 11.3 Å². The first kappa shape index (κ1) is 14.5. The van der Waals surface area contributed by atoms with Gasteiger partial charge in [-0.3, -0.25) is 0 Å². The summed E-state index contributed by atoms with van der Waals surface area (Å²) in [6, 6.07) is 8.45. The molecule has 3 N–H and O–H groups in total. The van der Waals surface area contributed by atoms with Crippen LogP contribution in [0.1, 0.15) is 25.8 Å². The van der Waals surface area contributed by atoms with Crippen molar-refractivity contribution in [1.82, 2.24) is 0 Å². The summed E-state index contributed by atoms with van der Waals surface area (Å²) in [4.78, 5) is 0. The number of nitrogens with two attached hydrogens (primary N) is 1. The lowest BCUT2D eigenvalue weighted by Gasteiger charge is -2.32. The Labute approximate surface area is 119 Å². The van der Waals surface area contributed by atoms with Gasteiger partial charge >= 0.3 is 0 Å². The van der Waals surface area contributed by atoms with Gasteiger partial charge in [0.15, 0.2) is 0 Å². The van der Waals surface area contributed by atoms with Gasteiger partial charge in [0, 0.05) is 16.7 Å². The van der Waals surface area contributed by atoms with Gasteiger partial charge in [-0.1, -0.05) is 32.0 Å². The van der Waals surface area contributed by atoms with Crippen LogP contribution in [0, 0.1) is 11.3 Å². The molecule has 1 heterocycles. The van der Waals surface area contributed by atoms with Gasteiger partial charge in [0.25, 0.3) is 0 Å². The summed E-state index contributed by atoms with van der Waals surface area (Å²) in [6.07, 6.45) is 1.83. The largest absolute Gasteiger partial charge is 0.396 e. The zero-order valence-corrected chi connectivity index (χ0v) is 12.5. The number of aliphatic hydroxyl groups is 1. The second-order valence-electron chi connectivity index (χ2n) is 5.89. The fourth-order valence-electron chi connectivity index (χ4n) is 2.85. The Morgan fingerprint density at radius 2 is 2.05 bits per heavy atom. The van der Waals surface area contributed by atoms with Gasteiger partial charge in [-0.05, 0) is 41.2 Å². The van der Waals surface area contributed by atoms with Gasteiger partial charge in [-0.2, -0.15) is 0 Å². The molecule has 1 aromatic carbocycles. The molecule has 0 amide bonds. The molecule has 3 heteroatoms. The molecule has 1 unspecified atom stereocenters. The summed E-state index contributed by atoms with van der Waals surface area (Å²) in [6.45, 7) is 5.06. The van der Waals surface area contributed by atoms with E-state index in [1.54, 1.807) is 11.3 Å². The highest BCUT2D eigenvalue weighted by Gasteiger charge is 2.30. The molecule has 1 atom stereocenters. The third kappa shape index (κ3) is 3.16. The Morgan fingerprint density at radius 3 is 2.68 bits per heavy atom. The van der Waals surface area contributed by atoms with E-state index in [0.29, 0.717) is 12.5 Å². The fourth-order valence-corrected chi connectivity index (χ4v) is 3.82. The van der Waals surface area contributed by atoms with Crippen LogP contribution in [0.5, 0.6) is 0 Å². The molecule has 0 fully saturated rings. The van der Waals surface area contributed by atoms with Crippen LogP contribution in [0.15, 0.2) is 29.6 Å². The molecule has 0 saturated heterocycles. The van der Waals surface area contributed by atoms with E-state index < -0.39 is 0 Å². The third-order valence-corrected chi connectivity index (χ3v) is 4.75. The molecule has 2 rings (SSSR count). The Morgan fingerprint density at radius 1 is 1.32 bits per heavy atom. The molecule has 19 heavy (non-hydrogen) atoms. The lowest BCUT2D eigenvalue weighted by molar-refractivity contribution is 0.108. The van der Waals surface area contributed by atoms with E-state index in [1.165, 1.54) is 15.6 Å². The zero-order valence-electron chi connectivity index (χ0n) is 11.7. The first-order chi connectivity index (χ1) is 9.10. The fraction of sp³-hybridized carbons (Fsp3) is 0.500. The maximum atomic E-state index is 9.82. The van der Waals surface area contributed by atoms with Gasteiger partial charge in [-0.15, -0.1) is 11.3 Å². The summed E-state index contributed by atoms with van der Waals surface area (Å²) >= 11 is 1.77. The summed E-state index contributed by atoms with van der Waals surface area (Å²) < 4.78 is 1.31. The zero-order chi connectivity index (χ0) is 13.9. The summed E-state index contributed by atoms with van der Waals surface area (Å²) in [5.74, 6) is 0.542. The van der Waals surface area contributed by atoms with Gasteiger partial charge in [0.05, 0.1) is 6.61 Å². The smallest absolute Gasteiger partial charge is 0.0502 e. The summed E-state index contributed by atoms with van der Waals surface area (Å²) in [7, 11) is 0. The lowest BCUT2D eigenvalue weighted by atomic mass is 9.76. The Hall–Kier alpha value is -0.900. The van der Waals surface area contributed by atoms with Crippen LogP contribution in [0.4, 0.5) is 0 Å². The average Bonchev–Trinajstić information content (AvgIpc) is 2.81. The standard InChI is InChI=1S/C16H23NOS/c1-12(2)7-16(10-17,11-18)8-13-9-19-15-6-4-3-5-14(13)15/h3-6,9,12,18H,7-8,10-11,17H2,1-2H3. The van der Waals surface area contributed by atoms with Crippen molar-refractivity contribution in [3.05, 3.63) is 35.2 Å². The van der Waals surface area contributed by atoms with E-state index in [9.17, 15) is 5.11 Å². The maximum absolute atomic E-state index is 9.82. The van der Waals surface area contributed by atoms with Crippen LogP contribution in [0.2, 0.25) is 0 Å². The lowest BCUT2D eigenvalue weighted by Crippen LogP contribution is -2.37. The number of thiophene rings is 1. The number of fused-ring (bicyclic) bond motifs is 1. The first-order valence-corrected chi connectivity index (χ1v) is 7.74. The quantitative estimate of drug-likeness (QED) is 0.849. The third-order valence-electron chi connectivity index (χ3n) is 3.74. The normalized spacial score (nSPS) is 15.0. The second-order valence-corrected chi connectivity index (χ2v) is 6.81. The predicted molar refractivity (Wildman–Crippen MR) is 83.6 cm³/mol. The van der Waals surface area contributed by atoms with Gasteiger partial charge < -0.3 is 10.8 Å². The summed E-state index contributed by atoms with van der Waals surface area (Å²) in [5, 5.41) is 13.3. The Kier molecular flexibility index (Phi) is 4.61. The highest BCUT2D eigenvalue weighted by Crippen LogP contribution is 2.34. The van der Waals surface area contributed by atoms with Crippen molar-refractivity contribution in [3.63, 3.8) is 0 Å². The Balaban J connectivity index is 2.30. The van der Waals surface area contributed by atoms with Crippen LogP contribution in [-0.4, -0.2) is 18.3 Å². The Bertz CT molecular complexity index is 528. The summed E-state index contributed by atoms with van der Waals surface area (Å²) in [5.41, 5.74) is 7.11. The van der Waals surface area contributed by atoms with Crippen molar-refractivity contribution in [1.29, 1.82) is 0 Å². The second kappa shape index (κ2) is 6.04. The van der Waals surface area contributed by atoms with Crippen molar-refractivity contribution in [2.45, 2.75) is 26.7 Å². The molecule has 0 saturated carbocycles. The number of benzene rings is 1. The van der Waals surface area contributed by atoms with Crippen molar-refractivity contribution in [2.24, 2.45) is 17.1 Å². The molecule has 0 aliphatic rings. The van der Waals surface area contributed by atoms with Crippen molar-refractivity contribution >= 4 is 21.4 Å². The minimum atomic E-state index is -0.183. The van der Waals surface area contributed by atoms with Crippen molar-refractivity contribution in [3.8, 4) is 0 Å². The highest BCUT2D eigenvalue weighted by atomic mass is 32.1. The topological polar surface area (TPSA) is 46.2 Å². The van der Waals surface area contributed by atoms with Crippen molar-refractivity contribution < 1.29 is 5.11 Å². The van der Waals surface area contributed by atoms with E-state index in [0.717, 1.165) is 12.8 Å². The molecule has 0 aliphatic heterocycles. The molecular weight excluding hydrogens is 254 g/mol. The van der Waals surface area contributed by atoms with Crippen LogP contribution in [0.25, 0.3) is 10.1 Å². The van der Waals surface area contributed by atoms with E-state index in [1.807, 2.05) is 0 Å². The highest BCUT2D eigenvalue weighted by molar-refractivity contribution is 7.17. The molecule has 0 bridgehead atoms. The minimum Gasteiger partial charge on any atom is -0.396 e. The predicted octanol–water partition coefficient (Wildman–Crippen LogP) is 3.43. The molecular formula is C16H23NOS. The number of hydrogen-bond acceptors (Lipinski definition) is 3. The minimum absolute atomic E-state index is 0.159. The molecule has 1 aromatic heterocycles. The SMILES string of the molecule is CC(C)CC(CN)(CO)Cc1csc2ccccc12. The molecule has 0 radical (unpaired) electrons. The molecule has 104 valence electrons. The molecule has 2 aromatic rings. The van der Waals surface area contributed by atoms with Crippen LogP contribution in [0.3, 0.4) is 0 Å². The number of aliphatic hydroxyl groups excluding tert-OH is 1. The molecule has 0 aliphatic carbocycles. The van der Waals surface area contributed by atoms with Gasteiger partial charge in [0.1, 0.15) is 0 Å².